The molecule has 4 heterocycles. The summed E-state index contributed by atoms with van der Waals surface area (Å²) < 4.78 is 11.4. The lowest BCUT2D eigenvalue weighted by Gasteiger charge is -2.41. The van der Waals surface area contributed by atoms with Gasteiger partial charge >= 0.3 is 0 Å². The molecule has 0 amide bonds. The van der Waals surface area contributed by atoms with Gasteiger partial charge in [-0.05, 0) is 81.8 Å². The zero-order chi connectivity index (χ0) is 24.0. The second kappa shape index (κ2) is 9.15. The summed E-state index contributed by atoms with van der Waals surface area (Å²) in [6, 6.07) is 7.06. The van der Waals surface area contributed by atoms with Crippen LogP contribution in [0, 0.1) is 19.3 Å². The molecule has 0 atom stereocenters. The summed E-state index contributed by atoms with van der Waals surface area (Å²) in [5.74, 6) is 3.02. The van der Waals surface area contributed by atoms with Crippen LogP contribution in [0.3, 0.4) is 0 Å². The van der Waals surface area contributed by atoms with Crippen LogP contribution in [0.15, 0.2) is 18.2 Å². The zero-order valence-corrected chi connectivity index (χ0v) is 20.8. The summed E-state index contributed by atoms with van der Waals surface area (Å²) in [7, 11) is 0. The molecule has 35 heavy (non-hydrogen) atoms. The number of likely N-dealkylation sites (tertiary alicyclic amines) is 1. The van der Waals surface area contributed by atoms with E-state index in [0.717, 1.165) is 100 Å². The number of nitrogens with one attached hydrogen (secondary N) is 2. The fourth-order valence-electron chi connectivity index (χ4n) is 5.82. The molecule has 186 valence electrons. The number of nitrogens with zero attached hydrogens (tertiary/aromatic N) is 4. The molecular formula is C27H36N6O2. The van der Waals surface area contributed by atoms with Crippen molar-refractivity contribution >= 4 is 23.5 Å². The van der Waals surface area contributed by atoms with Crippen molar-refractivity contribution in [3.8, 4) is 0 Å². The number of piperidine rings is 1. The fourth-order valence-corrected chi connectivity index (χ4v) is 5.82. The van der Waals surface area contributed by atoms with E-state index in [1.54, 1.807) is 0 Å². The van der Waals surface area contributed by atoms with E-state index < -0.39 is 0 Å². The highest BCUT2D eigenvalue weighted by molar-refractivity contribution is 5.88. The normalized spacial score (nSPS) is 22.7. The highest BCUT2D eigenvalue weighted by Crippen LogP contribution is 2.43. The number of anilines is 3. The van der Waals surface area contributed by atoms with Crippen LogP contribution < -0.4 is 10.2 Å². The van der Waals surface area contributed by atoms with Gasteiger partial charge in [-0.25, -0.2) is 9.97 Å². The molecule has 3 aliphatic heterocycles. The molecule has 2 N–H and O–H groups in total. The predicted octanol–water partition coefficient (Wildman–Crippen LogP) is 3.78. The van der Waals surface area contributed by atoms with Crippen LogP contribution in [0.25, 0.3) is 0 Å². The third-order valence-electron chi connectivity index (χ3n) is 8.17. The highest BCUT2D eigenvalue weighted by Gasteiger charge is 2.47. The molecule has 1 aromatic heterocycles. The monoisotopic (exact) mass is 476 g/mol. The molecule has 0 unspecified atom stereocenters. The van der Waals surface area contributed by atoms with Crippen LogP contribution in [0.2, 0.25) is 0 Å². The van der Waals surface area contributed by atoms with Crippen molar-refractivity contribution in [1.82, 2.24) is 14.9 Å². The highest BCUT2D eigenvalue weighted by atomic mass is 16.5. The Morgan fingerprint density at radius 2 is 1.89 bits per heavy atom. The third-order valence-corrected chi connectivity index (χ3v) is 8.17. The van der Waals surface area contributed by atoms with Gasteiger partial charge in [0.1, 0.15) is 17.5 Å². The molecule has 1 aromatic carbocycles. The lowest BCUT2D eigenvalue weighted by Crippen LogP contribution is -2.51. The summed E-state index contributed by atoms with van der Waals surface area (Å²) in [4.78, 5) is 14.3. The van der Waals surface area contributed by atoms with Gasteiger partial charge in [-0.2, -0.15) is 0 Å². The number of hydrogen-bond donors (Lipinski definition) is 2. The zero-order valence-electron chi connectivity index (χ0n) is 20.8. The molecule has 4 fully saturated rings. The van der Waals surface area contributed by atoms with E-state index in [2.05, 4.69) is 39.2 Å². The van der Waals surface area contributed by atoms with E-state index in [9.17, 15) is 0 Å². The molecule has 1 spiro atoms. The van der Waals surface area contributed by atoms with Gasteiger partial charge in [-0.1, -0.05) is 0 Å². The Hall–Kier alpha value is -2.55. The average molecular weight is 477 g/mol. The van der Waals surface area contributed by atoms with Crippen molar-refractivity contribution in [3.05, 3.63) is 40.7 Å². The largest absolute Gasteiger partial charge is 0.378 e. The van der Waals surface area contributed by atoms with E-state index in [1.165, 1.54) is 17.3 Å². The number of morpholine rings is 1. The fraction of sp³-hybridized carbons (Fsp3) is 0.593. The first-order chi connectivity index (χ1) is 17.0. The van der Waals surface area contributed by atoms with Crippen LogP contribution in [-0.4, -0.2) is 78.7 Å². The van der Waals surface area contributed by atoms with Gasteiger partial charge in [-0.3, -0.25) is 4.90 Å². The van der Waals surface area contributed by atoms with Gasteiger partial charge in [0.15, 0.2) is 0 Å². The lowest BCUT2D eigenvalue weighted by molar-refractivity contribution is -0.0712. The van der Waals surface area contributed by atoms with E-state index in [4.69, 9.17) is 19.9 Å². The standard InChI is InChI=1S/C27H36N6O2/c1-18-11-21(14-28)24(12-23(18)20-3-7-32(8-4-20)22-15-34-16-22)31-25-13-26(30-19(2)29-25)33-9-10-35-27(17-33)5-6-27/h11-14,20,22,28H,3-10,15-17H2,1-2H3,(H,29,30,31). The van der Waals surface area contributed by atoms with Gasteiger partial charge in [0.2, 0.25) is 0 Å². The minimum Gasteiger partial charge on any atom is -0.378 e. The first-order valence-corrected chi connectivity index (χ1v) is 13.0. The number of hydrogen-bond acceptors (Lipinski definition) is 8. The van der Waals surface area contributed by atoms with Crippen LogP contribution in [-0.2, 0) is 9.47 Å². The topological polar surface area (TPSA) is 86.6 Å². The first-order valence-electron chi connectivity index (χ1n) is 13.0. The van der Waals surface area contributed by atoms with Gasteiger partial charge in [0.05, 0.1) is 31.5 Å². The molecular weight excluding hydrogens is 440 g/mol. The Labute approximate surface area is 207 Å². The molecule has 6 rings (SSSR count). The molecule has 2 aromatic rings. The summed E-state index contributed by atoms with van der Waals surface area (Å²) in [5.41, 5.74) is 4.53. The van der Waals surface area contributed by atoms with Gasteiger partial charge in [0.25, 0.3) is 0 Å². The van der Waals surface area contributed by atoms with Gasteiger partial charge in [-0.15, -0.1) is 0 Å². The Bertz CT molecular complexity index is 1110. The van der Waals surface area contributed by atoms with Crippen molar-refractivity contribution in [2.45, 2.75) is 57.1 Å². The van der Waals surface area contributed by atoms with Gasteiger partial charge < -0.3 is 25.1 Å². The maximum absolute atomic E-state index is 8.02. The smallest absolute Gasteiger partial charge is 0.136 e. The number of aromatic nitrogens is 2. The van der Waals surface area contributed by atoms with Crippen molar-refractivity contribution in [2.75, 3.05) is 56.2 Å². The van der Waals surface area contributed by atoms with Crippen molar-refractivity contribution in [2.24, 2.45) is 0 Å². The van der Waals surface area contributed by atoms with Crippen molar-refractivity contribution in [1.29, 1.82) is 5.41 Å². The van der Waals surface area contributed by atoms with Gasteiger partial charge in [0, 0.05) is 36.6 Å². The SMILES string of the molecule is Cc1nc(Nc2cc(C3CCN(C4COC4)CC3)c(C)cc2C=N)cc(N2CCOC3(CC3)C2)n1. The molecule has 4 aliphatic rings. The van der Waals surface area contributed by atoms with E-state index >= 15 is 0 Å². The summed E-state index contributed by atoms with van der Waals surface area (Å²) in [6.07, 6.45) is 6.04. The third kappa shape index (κ3) is 4.67. The lowest BCUT2D eigenvalue weighted by atomic mass is 9.85. The quantitative estimate of drug-likeness (QED) is 0.614. The number of ether oxygens (including phenoxy) is 2. The van der Waals surface area contributed by atoms with E-state index in [0.29, 0.717) is 12.0 Å². The Kier molecular flexibility index (Phi) is 5.98. The first kappa shape index (κ1) is 22.9. The maximum atomic E-state index is 8.02. The minimum atomic E-state index is 0.0468. The summed E-state index contributed by atoms with van der Waals surface area (Å²) >= 11 is 0. The Morgan fingerprint density at radius 3 is 2.57 bits per heavy atom. The molecule has 8 nitrogen and oxygen atoms in total. The second-order valence-electron chi connectivity index (χ2n) is 10.7. The molecule has 8 heteroatoms. The van der Waals surface area contributed by atoms with E-state index in [1.807, 2.05) is 13.0 Å². The van der Waals surface area contributed by atoms with Crippen LogP contribution in [0.5, 0.6) is 0 Å². The Morgan fingerprint density at radius 1 is 1.09 bits per heavy atom. The van der Waals surface area contributed by atoms with Crippen LogP contribution >= 0.6 is 0 Å². The summed E-state index contributed by atoms with van der Waals surface area (Å²) in [5, 5.41) is 11.6. The number of aryl methyl sites for hydroxylation is 2. The van der Waals surface area contributed by atoms with Crippen molar-refractivity contribution < 1.29 is 9.47 Å². The van der Waals surface area contributed by atoms with Crippen molar-refractivity contribution in [3.63, 3.8) is 0 Å². The number of rotatable bonds is 6. The molecule has 0 bridgehead atoms. The van der Waals surface area contributed by atoms with Crippen LogP contribution in [0.4, 0.5) is 17.3 Å². The predicted molar refractivity (Wildman–Crippen MR) is 137 cm³/mol. The second-order valence-corrected chi connectivity index (χ2v) is 10.7. The number of benzene rings is 1. The van der Waals surface area contributed by atoms with Crippen LogP contribution in [0.1, 0.15) is 54.1 Å². The maximum Gasteiger partial charge on any atom is 0.136 e. The minimum absolute atomic E-state index is 0.0468. The summed E-state index contributed by atoms with van der Waals surface area (Å²) in [6.45, 7) is 10.6. The molecule has 3 saturated heterocycles. The Balaban J connectivity index is 1.22. The average Bonchev–Trinajstić information content (AvgIpc) is 3.57. The van der Waals surface area contributed by atoms with E-state index in [-0.39, 0.29) is 5.60 Å². The molecule has 0 radical (unpaired) electrons. The molecule has 1 aliphatic carbocycles. The molecule has 1 saturated carbocycles.